The van der Waals surface area contributed by atoms with E-state index in [9.17, 15) is 4.79 Å². The number of hydrogen-bond donors (Lipinski definition) is 0. The number of hydrogen-bond acceptors (Lipinski definition) is 2. The van der Waals surface area contributed by atoms with Crippen LogP contribution in [-0.4, -0.2) is 4.57 Å². The Labute approximate surface area is 88.3 Å². The molecule has 0 bridgehead atoms. The fourth-order valence-corrected chi connectivity index (χ4v) is 1.71. The average Bonchev–Trinajstić information content (AvgIpc) is 2.43. The van der Waals surface area contributed by atoms with Gasteiger partial charge in [0.05, 0.1) is 5.52 Å². The molecule has 3 nitrogen and oxygen atoms in total. The van der Waals surface area contributed by atoms with Gasteiger partial charge in [0.2, 0.25) is 0 Å². The minimum atomic E-state index is -0.260. The molecule has 0 atom stereocenters. The highest BCUT2D eigenvalue weighted by molar-refractivity contribution is 5.73. The lowest BCUT2D eigenvalue weighted by atomic mass is 10.2. The smallest absolute Gasteiger partial charge is 0.408 e. The fraction of sp³-hybridized carbons (Fsp3) is 0.417. The van der Waals surface area contributed by atoms with E-state index >= 15 is 0 Å². The predicted octanol–water partition coefficient (Wildman–Crippen LogP) is 2.56. The molecule has 2 aromatic rings. The predicted molar refractivity (Wildman–Crippen MR) is 60.0 cm³/mol. The lowest BCUT2D eigenvalue weighted by molar-refractivity contribution is 0.458. The summed E-state index contributed by atoms with van der Waals surface area (Å²) in [6.07, 6.45) is 0. The summed E-state index contributed by atoms with van der Waals surface area (Å²) in [6, 6.07) is 5.79. The second-order valence-electron chi connectivity index (χ2n) is 4.34. The summed E-state index contributed by atoms with van der Waals surface area (Å²) in [5.41, 5.74) is 2.71. The Bertz CT molecular complexity index is 534. The van der Waals surface area contributed by atoms with Gasteiger partial charge in [-0.2, -0.15) is 0 Å². The van der Waals surface area contributed by atoms with Crippen LogP contribution in [0.15, 0.2) is 27.4 Å². The third-order valence-electron chi connectivity index (χ3n) is 2.37. The largest absolute Gasteiger partial charge is 0.419 e. The van der Waals surface area contributed by atoms with Gasteiger partial charge in [-0.05, 0) is 30.5 Å². The topological polar surface area (TPSA) is 35.1 Å². The van der Waals surface area contributed by atoms with Crippen molar-refractivity contribution in [3.63, 3.8) is 0 Å². The van der Waals surface area contributed by atoms with Crippen molar-refractivity contribution < 1.29 is 4.42 Å². The second-order valence-corrected chi connectivity index (χ2v) is 4.34. The molecule has 3 heteroatoms. The maximum Gasteiger partial charge on any atom is 0.419 e. The first-order valence-electron chi connectivity index (χ1n) is 5.18. The molecule has 0 saturated carbocycles. The van der Waals surface area contributed by atoms with E-state index in [0.29, 0.717) is 18.0 Å². The SMILES string of the molecule is Cc1ccc2oc(=O)n(CC(C)C)c2c1. The van der Waals surface area contributed by atoms with E-state index in [1.54, 1.807) is 4.57 Å². The zero-order valence-corrected chi connectivity index (χ0v) is 9.28. The van der Waals surface area contributed by atoms with E-state index in [1.165, 1.54) is 0 Å². The molecule has 0 fully saturated rings. The van der Waals surface area contributed by atoms with Gasteiger partial charge >= 0.3 is 5.76 Å². The molecule has 1 aromatic carbocycles. The zero-order valence-electron chi connectivity index (χ0n) is 9.28. The van der Waals surface area contributed by atoms with E-state index in [1.807, 2.05) is 25.1 Å². The molecule has 15 heavy (non-hydrogen) atoms. The molecule has 0 aliphatic rings. The summed E-state index contributed by atoms with van der Waals surface area (Å²) in [4.78, 5) is 11.6. The van der Waals surface area contributed by atoms with Crippen molar-refractivity contribution in [2.45, 2.75) is 27.3 Å². The molecule has 1 aromatic heterocycles. The highest BCUT2D eigenvalue weighted by Gasteiger charge is 2.09. The standard InChI is InChI=1S/C12H15NO2/c1-8(2)7-13-10-6-9(3)4-5-11(10)15-12(13)14/h4-6,8H,7H2,1-3H3. The van der Waals surface area contributed by atoms with Gasteiger partial charge in [0, 0.05) is 6.54 Å². The summed E-state index contributed by atoms with van der Waals surface area (Å²) >= 11 is 0. The van der Waals surface area contributed by atoms with Gasteiger partial charge in [0.15, 0.2) is 5.58 Å². The van der Waals surface area contributed by atoms with Crippen LogP contribution in [0.4, 0.5) is 0 Å². The summed E-state index contributed by atoms with van der Waals surface area (Å²) in [6.45, 7) is 6.88. The summed E-state index contributed by atoms with van der Waals surface area (Å²) in [5.74, 6) is 0.174. The lowest BCUT2D eigenvalue weighted by Gasteiger charge is -2.04. The van der Waals surface area contributed by atoms with Gasteiger partial charge < -0.3 is 4.42 Å². The van der Waals surface area contributed by atoms with Crippen molar-refractivity contribution >= 4 is 11.1 Å². The molecule has 2 rings (SSSR count). The Hall–Kier alpha value is -1.51. The molecular formula is C12H15NO2. The van der Waals surface area contributed by atoms with E-state index in [0.717, 1.165) is 11.1 Å². The first-order valence-corrected chi connectivity index (χ1v) is 5.18. The van der Waals surface area contributed by atoms with Crippen LogP contribution in [0.25, 0.3) is 11.1 Å². The Balaban J connectivity index is 2.65. The van der Waals surface area contributed by atoms with Crippen LogP contribution in [0.1, 0.15) is 19.4 Å². The Morgan fingerprint density at radius 2 is 2.13 bits per heavy atom. The molecular weight excluding hydrogens is 190 g/mol. The maximum atomic E-state index is 11.6. The zero-order chi connectivity index (χ0) is 11.0. The molecule has 0 amide bonds. The number of aryl methyl sites for hydroxylation is 1. The Morgan fingerprint density at radius 1 is 1.40 bits per heavy atom. The molecule has 1 heterocycles. The minimum Gasteiger partial charge on any atom is -0.408 e. The summed E-state index contributed by atoms with van der Waals surface area (Å²) < 4.78 is 6.86. The number of aromatic nitrogens is 1. The van der Waals surface area contributed by atoms with Gasteiger partial charge in [-0.3, -0.25) is 4.57 Å². The van der Waals surface area contributed by atoms with Gasteiger partial charge in [0.1, 0.15) is 0 Å². The van der Waals surface area contributed by atoms with Crippen LogP contribution in [0, 0.1) is 12.8 Å². The Morgan fingerprint density at radius 3 is 2.80 bits per heavy atom. The van der Waals surface area contributed by atoms with E-state index in [2.05, 4.69) is 13.8 Å². The van der Waals surface area contributed by atoms with Gasteiger partial charge in [-0.15, -0.1) is 0 Å². The minimum absolute atomic E-state index is 0.260. The van der Waals surface area contributed by atoms with Crippen LogP contribution < -0.4 is 5.76 Å². The Kier molecular flexibility index (Phi) is 2.39. The highest BCUT2D eigenvalue weighted by atomic mass is 16.4. The van der Waals surface area contributed by atoms with Crippen LogP contribution in [-0.2, 0) is 6.54 Å². The van der Waals surface area contributed by atoms with Crippen LogP contribution >= 0.6 is 0 Å². The number of nitrogens with zero attached hydrogens (tertiary/aromatic N) is 1. The number of fused-ring (bicyclic) bond motifs is 1. The molecule has 0 radical (unpaired) electrons. The summed E-state index contributed by atoms with van der Waals surface area (Å²) in [7, 11) is 0. The van der Waals surface area contributed by atoms with Gasteiger partial charge in [0.25, 0.3) is 0 Å². The van der Waals surface area contributed by atoms with Crippen LogP contribution in [0.2, 0.25) is 0 Å². The molecule has 0 unspecified atom stereocenters. The molecule has 0 spiro atoms. The quantitative estimate of drug-likeness (QED) is 0.755. The van der Waals surface area contributed by atoms with Crippen molar-refractivity contribution in [3.8, 4) is 0 Å². The number of rotatable bonds is 2. The van der Waals surface area contributed by atoms with Crippen LogP contribution in [0.5, 0.6) is 0 Å². The van der Waals surface area contributed by atoms with E-state index in [4.69, 9.17) is 4.42 Å². The fourth-order valence-electron chi connectivity index (χ4n) is 1.71. The number of benzene rings is 1. The first kappa shape index (κ1) is 10.0. The van der Waals surface area contributed by atoms with Crippen molar-refractivity contribution in [3.05, 3.63) is 34.3 Å². The first-order chi connectivity index (χ1) is 7.08. The normalized spacial score (nSPS) is 11.5. The monoisotopic (exact) mass is 205 g/mol. The third-order valence-corrected chi connectivity index (χ3v) is 2.37. The van der Waals surface area contributed by atoms with Crippen molar-refractivity contribution in [1.82, 2.24) is 4.57 Å². The van der Waals surface area contributed by atoms with Crippen molar-refractivity contribution in [2.24, 2.45) is 5.92 Å². The van der Waals surface area contributed by atoms with Crippen molar-refractivity contribution in [1.29, 1.82) is 0 Å². The van der Waals surface area contributed by atoms with Crippen LogP contribution in [0.3, 0.4) is 0 Å². The van der Waals surface area contributed by atoms with E-state index < -0.39 is 0 Å². The van der Waals surface area contributed by atoms with Crippen molar-refractivity contribution in [2.75, 3.05) is 0 Å². The third kappa shape index (κ3) is 1.82. The second kappa shape index (κ2) is 3.57. The van der Waals surface area contributed by atoms with Gasteiger partial charge in [-0.1, -0.05) is 19.9 Å². The molecule has 0 aliphatic heterocycles. The molecule has 0 saturated heterocycles. The van der Waals surface area contributed by atoms with Gasteiger partial charge in [-0.25, -0.2) is 4.79 Å². The summed E-state index contributed by atoms with van der Waals surface area (Å²) in [5, 5.41) is 0. The number of oxazole rings is 1. The average molecular weight is 205 g/mol. The molecule has 0 N–H and O–H groups in total. The maximum absolute atomic E-state index is 11.6. The molecule has 80 valence electrons. The lowest BCUT2D eigenvalue weighted by Crippen LogP contribution is -2.17. The van der Waals surface area contributed by atoms with E-state index in [-0.39, 0.29) is 5.76 Å². The molecule has 0 aliphatic carbocycles. The highest BCUT2D eigenvalue weighted by Crippen LogP contribution is 2.15.